The summed E-state index contributed by atoms with van der Waals surface area (Å²) < 4.78 is 0. The van der Waals surface area contributed by atoms with Crippen molar-refractivity contribution in [3.8, 4) is 0 Å². The molecule has 4 N–H and O–H groups in total. The maximum Gasteiger partial charge on any atom is 0.161 e. The van der Waals surface area contributed by atoms with E-state index in [0.717, 1.165) is 24.9 Å². The van der Waals surface area contributed by atoms with Gasteiger partial charge >= 0.3 is 0 Å². The number of aliphatic hydroxyl groups excluding tert-OH is 1. The Bertz CT molecular complexity index is 501. The third-order valence-corrected chi connectivity index (χ3v) is 4.23. The van der Waals surface area contributed by atoms with Crippen LogP contribution in [0.4, 0.5) is 11.4 Å². The van der Waals surface area contributed by atoms with Crippen LogP contribution in [-0.2, 0) is 0 Å². The van der Waals surface area contributed by atoms with Crippen LogP contribution >= 0.6 is 0 Å². The standard InChI is InChI=1S/C16H24N2O2/c1-11-4-3-7-16(9-11,10-19)18-13-5-6-14(12(2)20)15(17)8-13/h5-6,8,11,18-19H,3-4,7,9-10,17H2,1-2H3. The highest BCUT2D eigenvalue weighted by Crippen LogP contribution is 2.35. The van der Waals surface area contributed by atoms with Gasteiger partial charge in [0.15, 0.2) is 5.78 Å². The zero-order valence-corrected chi connectivity index (χ0v) is 12.3. The zero-order valence-electron chi connectivity index (χ0n) is 12.3. The van der Waals surface area contributed by atoms with E-state index in [4.69, 9.17) is 5.73 Å². The van der Waals surface area contributed by atoms with Crippen LogP contribution < -0.4 is 11.1 Å². The Kier molecular flexibility index (Phi) is 4.33. The molecule has 1 saturated carbocycles. The van der Waals surface area contributed by atoms with Crippen molar-refractivity contribution in [2.75, 3.05) is 17.7 Å². The fourth-order valence-electron chi connectivity index (χ4n) is 3.22. The van der Waals surface area contributed by atoms with Gasteiger partial charge in [-0.1, -0.05) is 19.8 Å². The number of anilines is 2. The maximum atomic E-state index is 11.4. The smallest absolute Gasteiger partial charge is 0.161 e. The second-order valence-electron chi connectivity index (χ2n) is 6.12. The largest absolute Gasteiger partial charge is 0.398 e. The summed E-state index contributed by atoms with van der Waals surface area (Å²) in [5.74, 6) is 0.578. The van der Waals surface area contributed by atoms with Gasteiger partial charge in [-0.2, -0.15) is 0 Å². The minimum absolute atomic E-state index is 0.0304. The van der Waals surface area contributed by atoms with Crippen molar-refractivity contribution in [2.24, 2.45) is 5.92 Å². The molecule has 20 heavy (non-hydrogen) atoms. The fourth-order valence-corrected chi connectivity index (χ4v) is 3.22. The summed E-state index contributed by atoms with van der Waals surface area (Å²) in [6.07, 6.45) is 4.25. The lowest BCUT2D eigenvalue weighted by atomic mass is 9.76. The summed E-state index contributed by atoms with van der Waals surface area (Å²) in [4.78, 5) is 11.4. The van der Waals surface area contributed by atoms with E-state index < -0.39 is 0 Å². The van der Waals surface area contributed by atoms with Crippen molar-refractivity contribution < 1.29 is 9.90 Å². The van der Waals surface area contributed by atoms with Gasteiger partial charge in [-0.15, -0.1) is 0 Å². The minimum Gasteiger partial charge on any atom is -0.398 e. The second-order valence-corrected chi connectivity index (χ2v) is 6.12. The zero-order chi connectivity index (χ0) is 14.8. The summed E-state index contributed by atoms with van der Waals surface area (Å²) in [6.45, 7) is 3.85. The summed E-state index contributed by atoms with van der Waals surface area (Å²) >= 11 is 0. The Hall–Kier alpha value is -1.55. The van der Waals surface area contributed by atoms with Gasteiger partial charge in [0, 0.05) is 16.9 Å². The highest BCUT2D eigenvalue weighted by atomic mass is 16.3. The molecular weight excluding hydrogens is 252 g/mol. The number of carbonyl (C=O) groups excluding carboxylic acids is 1. The molecule has 1 aromatic rings. The second kappa shape index (κ2) is 5.83. The van der Waals surface area contributed by atoms with E-state index in [1.807, 2.05) is 6.07 Å². The van der Waals surface area contributed by atoms with Crippen LogP contribution in [0.3, 0.4) is 0 Å². The Morgan fingerprint density at radius 1 is 1.55 bits per heavy atom. The van der Waals surface area contributed by atoms with Crippen molar-refractivity contribution in [3.05, 3.63) is 23.8 Å². The van der Waals surface area contributed by atoms with Gasteiger partial charge in [0.1, 0.15) is 0 Å². The molecule has 1 aromatic carbocycles. The number of carbonyl (C=O) groups is 1. The number of ketones is 1. The number of hydrogen-bond donors (Lipinski definition) is 3. The summed E-state index contributed by atoms with van der Waals surface area (Å²) in [5.41, 5.74) is 7.56. The molecular formula is C16H24N2O2. The Morgan fingerprint density at radius 2 is 2.30 bits per heavy atom. The van der Waals surface area contributed by atoms with Gasteiger partial charge < -0.3 is 16.2 Å². The molecule has 4 nitrogen and oxygen atoms in total. The fraction of sp³-hybridized carbons (Fsp3) is 0.562. The van der Waals surface area contributed by atoms with Gasteiger partial charge in [-0.05, 0) is 43.9 Å². The van der Waals surface area contributed by atoms with Crippen LogP contribution in [0.15, 0.2) is 18.2 Å². The Labute approximate surface area is 120 Å². The van der Waals surface area contributed by atoms with Gasteiger partial charge in [-0.25, -0.2) is 0 Å². The molecule has 0 heterocycles. The first-order chi connectivity index (χ1) is 9.46. The van der Waals surface area contributed by atoms with E-state index in [9.17, 15) is 9.90 Å². The van der Waals surface area contributed by atoms with Crippen LogP contribution in [0, 0.1) is 5.92 Å². The molecule has 1 aliphatic rings. The molecule has 0 aliphatic heterocycles. The molecule has 1 aliphatic carbocycles. The van der Waals surface area contributed by atoms with Crippen LogP contribution in [0.1, 0.15) is 49.9 Å². The van der Waals surface area contributed by atoms with E-state index in [0.29, 0.717) is 17.2 Å². The summed E-state index contributed by atoms with van der Waals surface area (Å²) in [5, 5.41) is 13.2. The van der Waals surface area contributed by atoms with Gasteiger partial charge in [0.05, 0.1) is 12.1 Å². The number of rotatable bonds is 4. The van der Waals surface area contributed by atoms with Crippen molar-refractivity contribution in [1.82, 2.24) is 0 Å². The number of nitrogens with one attached hydrogen (secondary N) is 1. The van der Waals surface area contributed by atoms with Crippen molar-refractivity contribution in [1.29, 1.82) is 0 Å². The highest BCUT2D eigenvalue weighted by Gasteiger charge is 2.34. The van der Waals surface area contributed by atoms with Crippen molar-refractivity contribution >= 4 is 17.2 Å². The van der Waals surface area contributed by atoms with E-state index in [1.165, 1.54) is 13.3 Å². The first-order valence-corrected chi connectivity index (χ1v) is 7.25. The average Bonchev–Trinajstić information content (AvgIpc) is 2.38. The molecule has 0 radical (unpaired) electrons. The Morgan fingerprint density at radius 3 is 2.85 bits per heavy atom. The van der Waals surface area contributed by atoms with Crippen LogP contribution in [0.2, 0.25) is 0 Å². The molecule has 1 fully saturated rings. The molecule has 2 unspecified atom stereocenters. The van der Waals surface area contributed by atoms with E-state index in [-0.39, 0.29) is 17.9 Å². The molecule has 2 atom stereocenters. The Balaban J connectivity index is 2.19. The highest BCUT2D eigenvalue weighted by molar-refractivity contribution is 5.99. The van der Waals surface area contributed by atoms with Crippen LogP contribution in [0.25, 0.3) is 0 Å². The predicted octanol–water partition coefficient (Wildman–Crippen LogP) is 2.82. The SMILES string of the molecule is CC(=O)c1ccc(NC2(CO)CCCC(C)C2)cc1N. The van der Waals surface area contributed by atoms with E-state index >= 15 is 0 Å². The van der Waals surface area contributed by atoms with Crippen LogP contribution in [-0.4, -0.2) is 23.0 Å². The monoisotopic (exact) mass is 276 g/mol. The van der Waals surface area contributed by atoms with Gasteiger partial charge in [0.25, 0.3) is 0 Å². The molecule has 0 spiro atoms. The van der Waals surface area contributed by atoms with Crippen molar-refractivity contribution in [2.45, 2.75) is 45.1 Å². The molecule has 0 aromatic heterocycles. The quantitative estimate of drug-likeness (QED) is 0.584. The first-order valence-electron chi connectivity index (χ1n) is 7.25. The topological polar surface area (TPSA) is 75.3 Å². The molecule has 0 amide bonds. The van der Waals surface area contributed by atoms with Crippen LogP contribution in [0.5, 0.6) is 0 Å². The number of nitrogens with two attached hydrogens (primary N) is 1. The third-order valence-electron chi connectivity index (χ3n) is 4.23. The average molecular weight is 276 g/mol. The lowest BCUT2D eigenvalue weighted by molar-refractivity contribution is 0.101. The molecule has 0 bridgehead atoms. The van der Waals surface area contributed by atoms with E-state index in [1.54, 1.807) is 12.1 Å². The van der Waals surface area contributed by atoms with Crippen molar-refractivity contribution in [3.63, 3.8) is 0 Å². The maximum absolute atomic E-state index is 11.4. The lowest BCUT2D eigenvalue weighted by Crippen LogP contribution is -2.45. The number of nitrogen functional groups attached to an aromatic ring is 1. The molecule has 2 rings (SSSR count). The number of aliphatic hydroxyl groups is 1. The number of Topliss-reactive ketones (excluding diaryl/α,β-unsaturated/α-hetero) is 1. The molecule has 0 saturated heterocycles. The predicted molar refractivity (Wildman–Crippen MR) is 81.9 cm³/mol. The first kappa shape index (κ1) is 14.9. The lowest BCUT2D eigenvalue weighted by Gasteiger charge is -2.40. The van der Waals surface area contributed by atoms with Gasteiger partial charge in [-0.3, -0.25) is 4.79 Å². The summed E-state index contributed by atoms with van der Waals surface area (Å²) in [6, 6.07) is 5.40. The molecule has 110 valence electrons. The summed E-state index contributed by atoms with van der Waals surface area (Å²) in [7, 11) is 0. The third kappa shape index (κ3) is 3.12. The minimum atomic E-state index is -0.262. The molecule has 4 heteroatoms. The number of hydrogen-bond acceptors (Lipinski definition) is 4. The normalized spacial score (nSPS) is 26.2. The number of benzene rings is 1. The van der Waals surface area contributed by atoms with E-state index in [2.05, 4.69) is 12.2 Å². The van der Waals surface area contributed by atoms with Gasteiger partial charge in [0.2, 0.25) is 0 Å².